The number of ketones is 1. The average molecular weight is 224 g/mol. The van der Waals surface area contributed by atoms with E-state index < -0.39 is 0 Å². The molecule has 0 aromatic rings. The van der Waals surface area contributed by atoms with Gasteiger partial charge in [0.2, 0.25) is 0 Å². The fourth-order valence-corrected chi connectivity index (χ4v) is 3.13. The summed E-state index contributed by atoms with van der Waals surface area (Å²) in [4.78, 5) is 16.6. The van der Waals surface area contributed by atoms with Crippen LogP contribution in [0.25, 0.3) is 0 Å². The molecular weight excluding hydrogens is 200 g/mol. The van der Waals surface area contributed by atoms with E-state index in [9.17, 15) is 4.79 Å². The van der Waals surface area contributed by atoms with E-state index in [4.69, 9.17) is 0 Å². The van der Waals surface area contributed by atoms with Crippen LogP contribution in [0.4, 0.5) is 0 Å². The molecule has 3 nitrogen and oxygen atoms in total. The van der Waals surface area contributed by atoms with Crippen molar-refractivity contribution in [1.29, 1.82) is 0 Å². The predicted molar refractivity (Wildman–Crippen MR) is 65.5 cm³/mol. The summed E-state index contributed by atoms with van der Waals surface area (Å²) in [5.41, 5.74) is 0. The molecule has 16 heavy (non-hydrogen) atoms. The molecule has 3 heteroatoms. The minimum Gasteiger partial charge on any atom is -0.299 e. The minimum atomic E-state index is 0.419. The Morgan fingerprint density at radius 1 is 1.25 bits per heavy atom. The number of fused-ring (bicyclic) bond motifs is 2. The van der Waals surface area contributed by atoms with Crippen molar-refractivity contribution >= 4 is 5.78 Å². The molecule has 0 radical (unpaired) electrons. The van der Waals surface area contributed by atoms with Crippen LogP contribution >= 0.6 is 0 Å². The quantitative estimate of drug-likeness (QED) is 0.723. The number of rotatable bonds is 4. The molecule has 0 N–H and O–H groups in total. The van der Waals surface area contributed by atoms with Gasteiger partial charge < -0.3 is 0 Å². The highest BCUT2D eigenvalue weighted by atomic mass is 16.1. The summed E-state index contributed by atoms with van der Waals surface area (Å²) in [6.07, 6.45) is 5.66. The minimum absolute atomic E-state index is 0.419. The van der Waals surface area contributed by atoms with Crippen molar-refractivity contribution in [2.24, 2.45) is 0 Å². The average Bonchev–Trinajstić information content (AvgIpc) is 2.47. The topological polar surface area (TPSA) is 23.6 Å². The lowest BCUT2D eigenvalue weighted by molar-refractivity contribution is -0.120. The lowest BCUT2D eigenvalue weighted by Gasteiger charge is -2.25. The Morgan fingerprint density at radius 3 is 2.75 bits per heavy atom. The molecule has 0 aromatic heterocycles. The first kappa shape index (κ1) is 12.1. The van der Waals surface area contributed by atoms with E-state index in [1.165, 1.54) is 19.3 Å². The van der Waals surface area contributed by atoms with E-state index in [1.807, 2.05) is 0 Å². The molecule has 0 saturated carbocycles. The van der Waals surface area contributed by atoms with Gasteiger partial charge in [-0.1, -0.05) is 6.92 Å². The normalized spacial score (nSPS) is 31.6. The third-order valence-corrected chi connectivity index (χ3v) is 4.16. The molecule has 2 aliphatic heterocycles. The van der Waals surface area contributed by atoms with Crippen LogP contribution in [0.2, 0.25) is 0 Å². The largest absolute Gasteiger partial charge is 0.299 e. The SMILES string of the molecule is CCCC(=O)CN1CCC2CCC(C1)N2C. The maximum absolute atomic E-state index is 11.7. The van der Waals surface area contributed by atoms with Crippen molar-refractivity contribution in [3.8, 4) is 0 Å². The zero-order valence-corrected chi connectivity index (χ0v) is 10.6. The Morgan fingerprint density at radius 2 is 2.00 bits per heavy atom. The Balaban J connectivity index is 1.86. The molecule has 2 fully saturated rings. The summed E-state index contributed by atoms with van der Waals surface area (Å²) >= 11 is 0. The number of hydrogen-bond donors (Lipinski definition) is 0. The van der Waals surface area contributed by atoms with Gasteiger partial charge in [-0.05, 0) is 32.7 Å². The maximum atomic E-state index is 11.7. The van der Waals surface area contributed by atoms with Gasteiger partial charge in [0.25, 0.3) is 0 Å². The van der Waals surface area contributed by atoms with Gasteiger partial charge in [0, 0.05) is 31.6 Å². The van der Waals surface area contributed by atoms with Gasteiger partial charge in [0.05, 0.1) is 6.54 Å². The van der Waals surface area contributed by atoms with Crippen molar-refractivity contribution in [3.05, 3.63) is 0 Å². The van der Waals surface area contributed by atoms with E-state index in [-0.39, 0.29) is 0 Å². The zero-order valence-electron chi connectivity index (χ0n) is 10.6. The summed E-state index contributed by atoms with van der Waals surface area (Å²) in [6.45, 7) is 4.98. The fourth-order valence-electron chi connectivity index (χ4n) is 3.13. The molecule has 2 rings (SSSR count). The van der Waals surface area contributed by atoms with E-state index in [0.717, 1.165) is 32.0 Å². The van der Waals surface area contributed by atoms with Gasteiger partial charge in [-0.3, -0.25) is 14.6 Å². The summed E-state index contributed by atoms with van der Waals surface area (Å²) in [5, 5.41) is 0. The number of likely N-dealkylation sites (N-methyl/N-ethyl adjacent to an activating group) is 1. The summed E-state index contributed by atoms with van der Waals surface area (Å²) in [7, 11) is 2.25. The lowest BCUT2D eigenvalue weighted by Crippen LogP contribution is -2.38. The number of Topliss-reactive ketones (excluding diaryl/α,β-unsaturated/α-hetero) is 1. The van der Waals surface area contributed by atoms with Crippen molar-refractivity contribution < 1.29 is 4.79 Å². The van der Waals surface area contributed by atoms with Crippen molar-refractivity contribution in [2.45, 2.75) is 51.1 Å². The van der Waals surface area contributed by atoms with Gasteiger partial charge in [0.15, 0.2) is 0 Å². The second-order valence-electron chi connectivity index (χ2n) is 5.36. The standard InChI is InChI=1S/C13H24N2O/c1-3-4-13(16)10-15-8-7-11-5-6-12(9-15)14(11)2/h11-12H,3-10H2,1-2H3. The highest BCUT2D eigenvalue weighted by Gasteiger charge is 2.34. The van der Waals surface area contributed by atoms with E-state index >= 15 is 0 Å². The zero-order chi connectivity index (χ0) is 11.5. The molecular formula is C13H24N2O. The van der Waals surface area contributed by atoms with Crippen LogP contribution in [0.5, 0.6) is 0 Å². The monoisotopic (exact) mass is 224 g/mol. The second kappa shape index (κ2) is 5.28. The van der Waals surface area contributed by atoms with E-state index in [0.29, 0.717) is 18.4 Å². The second-order valence-corrected chi connectivity index (χ2v) is 5.36. The Hall–Kier alpha value is -0.410. The van der Waals surface area contributed by atoms with Gasteiger partial charge in [-0.15, -0.1) is 0 Å². The molecule has 2 aliphatic rings. The molecule has 2 bridgehead atoms. The first-order chi connectivity index (χ1) is 7.70. The molecule has 0 spiro atoms. The molecule has 0 aromatic carbocycles. The Labute approximate surface area is 98.8 Å². The van der Waals surface area contributed by atoms with Crippen LogP contribution in [0.15, 0.2) is 0 Å². The summed E-state index contributed by atoms with van der Waals surface area (Å²) < 4.78 is 0. The summed E-state index contributed by atoms with van der Waals surface area (Å²) in [6, 6.07) is 1.47. The number of carbonyl (C=O) groups excluding carboxylic acids is 1. The van der Waals surface area contributed by atoms with Crippen molar-refractivity contribution in [3.63, 3.8) is 0 Å². The van der Waals surface area contributed by atoms with Gasteiger partial charge >= 0.3 is 0 Å². The Bertz CT molecular complexity index is 254. The lowest BCUT2D eigenvalue weighted by atomic mass is 10.1. The van der Waals surface area contributed by atoms with E-state index in [2.05, 4.69) is 23.8 Å². The maximum Gasteiger partial charge on any atom is 0.146 e. The molecule has 92 valence electrons. The molecule has 0 amide bonds. The van der Waals surface area contributed by atoms with Crippen molar-refractivity contribution in [2.75, 3.05) is 26.7 Å². The molecule has 2 atom stereocenters. The summed E-state index contributed by atoms with van der Waals surface area (Å²) in [5.74, 6) is 0.419. The molecule has 2 unspecified atom stereocenters. The predicted octanol–water partition coefficient (Wildman–Crippen LogP) is 1.52. The van der Waals surface area contributed by atoms with Crippen LogP contribution in [-0.4, -0.2) is 54.3 Å². The third kappa shape index (κ3) is 2.64. The molecule has 2 heterocycles. The first-order valence-corrected chi connectivity index (χ1v) is 6.66. The van der Waals surface area contributed by atoms with Crippen LogP contribution < -0.4 is 0 Å². The van der Waals surface area contributed by atoms with Crippen LogP contribution in [0.1, 0.15) is 39.0 Å². The van der Waals surface area contributed by atoms with Crippen LogP contribution in [0, 0.1) is 0 Å². The molecule has 2 saturated heterocycles. The smallest absolute Gasteiger partial charge is 0.146 e. The van der Waals surface area contributed by atoms with Gasteiger partial charge in [-0.2, -0.15) is 0 Å². The highest BCUT2D eigenvalue weighted by Crippen LogP contribution is 2.28. The van der Waals surface area contributed by atoms with E-state index in [1.54, 1.807) is 0 Å². The van der Waals surface area contributed by atoms with Crippen molar-refractivity contribution in [1.82, 2.24) is 9.80 Å². The third-order valence-electron chi connectivity index (χ3n) is 4.16. The van der Waals surface area contributed by atoms with Gasteiger partial charge in [-0.25, -0.2) is 0 Å². The molecule has 0 aliphatic carbocycles. The highest BCUT2D eigenvalue weighted by molar-refractivity contribution is 5.80. The first-order valence-electron chi connectivity index (χ1n) is 6.66. The van der Waals surface area contributed by atoms with Gasteiger partial charge in [0.1, 0.15) is 5.78 Å². The number of likely N-dealkylation sites (tertiary alicyclic amines) is 1. The Kier molecular flexibility index (Phi) is 3.98. The number of carbonyl (C=O) groups is 1. The number of nitrogens with zero attached hydrogens (tertiary/aromatic N) is 2. The van der Waals surface area contributed by atoms with Crippen LogP contribution in [0.3, 0.4) is 0 Å². The number of hydrogen-bond acceptors (Lipinski definition) is 3. The fraction of sp³-hybridized carbons (Fsp3) is 0.923. The van der Waals surface area contributed by atoms with Crippen LogP contribution in [-0.2, 0) is 4.79 Å².